The van der Waals surface area contributed by atoms with E-state index in [-0.39, 0.29) is 18.6 Å². The highest BCUT2D eigenvalue weighted by Crippen LogP contribution is 2.32. The number of hydrogen-bond donors (Lipinski definition) is 3. The van der Waals surface area contributed by atoms with Crippen molar-refractivity contribution in [3.05, 3.63) is 59.9 Å². The summed E-state index contributed by atoms with van der Waals surface area (Å²) in [5, 5.41) is 19.2. The summed E-state index contributed by atoms with van der Waals surface area (Å²) in [4.78, 5) is 3.19. The van der Waals surface area contributed by atoms with E-state index >= 15 is 0 Å². The minimum atomic E-state index is -0.354. The maximum absolute atomic E-state index is 9.85. The van der Waals surface area contributed by atoms with Crippen LogP contribution in [0.1, 0.15) is 30.5 Å². The van der Waals surface area contributed by atoms with E-state index in [2.05, 4.69) is 17.1 Å². The van der Waals surface area contributed by atoms with Crippen molar-refractivity contribution >= 4 is 0 Å². The molecule has 0 bridgehead atoms. The number of aliphatic hydroxyl groups excluding tert-OH is 2. The van der Waals surface area contributed by atoms with E-state index in [4.69, 9.17) is 0 Å². The van der Waals surface area contributed by atoms with Gasteiger partial charge in [-0.3, -0.25) is 0 Å². The van der Waals surface area contributed by atoms with Crippen LogP contribution >= 0.6 is 0 Å². The number of rotatable bonds is 8. The Hall–Kier alpha value is -1.58. The van der Waals surface area contributed by atoms with E-state index in [1.807, 2.05) is 36.5 Å². The van der Waals surface area contributed by atoms with Gasteiger partial charge < -0.3 is 15.2 Å². The number of nitrogens with one attached hydrogen (secondary N) is 1. The Balaban J connectivity index is 2.01. The first-order chi connectivity index (χ1) is 9.80. The molecule has 0 amide bonds. The minimum Gasteiger partial charge on any atom is -0.396 e. The van der Waals surface area contributed by atoms with Gasteiger partial charge in [0.2, 0.25) is 0 Å². The van der Waals surface area contributed by atoms with Gasteiger partial charge in [-0.2, -0.15) is 0 Å². The van der Waals surface area contributed by atoms with Crippen molar-refractivity contribution < 1.29 is 10.2 Å². The van der Waals surface area contributed by atoms with Crippen LogP contribution in [-0.4, -0.2) is 28.4 Å². The molecule has 1 heterocycles. The summed E-state index contributed by atoms with van der Waals surface area (Å²) < 4.78 is 0. The first-order valence-corrected chi connectivity index (χ1v) is 7.20. The summed E-state index contributed by atoms with van der Waals surface area (Å²) in [6.45, 7) is 0.147. The van der Waals surface area contributed by atoms with Gasteiger partial charge in [-0.1, -0.05) is 30.3 Å². The number of H-pyrrole nitrogens is 1. The fourth-order valence-electron chi connectivity index (χ4n) is 2.79. The second kappa shape index (κ2) is 7.27. The van der Waals surface area contributed by atoms with E-state index < -0.39 is 0 Å². The summed E-state index contributed by atoms with van der Waals surface area (Å²) in [6.07, 6.45) is 5.30. The van der Waals surface area contributed by atoms with E-state index in [1.165, 1.54) is 5.56 Å². The van der Waals surface area contributed by atoms with Crippen molar-refractivity contribution in [1.29, 1.82) is 0 Å². The summed E-state index contributed by atoms with van der Waals surface area (Å²) >= 11 is 0. The molecule has 20 heavy (non-hydrogen) atoms. The molecular weight excluding hydrogens is 250 g/mol. The van der Waals surface area contributed by atoms with Crippen molar-refractivity contribution in [2.75, 3.05) is 13.2 Å². The topological polar surface area (TPSA) is 56.2 Å². The number of aromatic nitrogens is 1. The average Bonchev–Trinajstić information content (AvgIpc) is 3.02. The van der Waals surface area contributed by atoms with Gasteiger partial charge in [0.25, 0.3) is 0 Å². The van der Waals surface area contributed by atoms with Crippen molar-refractivity contribution in [3.8, 4) is 0 Å². The van der Waals surface area contributed by atoms with Gasteiger partial charge >= 0.3 is 0 Å². The molecule has 1 aromatic heterocycles. The molecule has 0 radical (unpaired) electrons. The Kier molecular flexibility index (Phi) is 5.39. The fraction of sp³-hybridized carbons (Fsp3) is 0.412. The molecule has 3 heteroatoms. The van der Waals surface area contributed by atoms with Crippen LogP contribution in [-0.2, 0) is 11.8 Å². The summed E-state index contributed by atoms with van der Waals surface area (Å²) in [7, 11) is 0. The lowest BCUT2D eigenvalue weighted by Gasteiger charge is -2.30. The zero-order valence-electron chi connectivity index (χ0n) is 11.8. The highest BCUT2D eigenvalue weighted by atomic mass is 16.3. The quantitative estimate of drug-likeness (QED) is 0.692. The third kappa shape index (κ3) is 3.50. The number of aliphatic hydroxyl groups is 2. The molecule has 108 valence electrons. The number of aryl methyl sites for hydroxylation is 1. The molecule has 2 aromatic rings. The van der Waals surface area contributed by atoms with Gasteiger partial charge in [-0.15, -0.1) is 0 Å². The highest BCUT2D eigenvalue weighted by Gasteiger charge is 2.31. The van der Waals surface area contributed by atoms with Crippen molar-refractivity contribution in [2.45, 2.75) is 31.1 Å². The van der Waals surface area contributed by atoms with Crippen LogP contribution < -0.4 is 0 Å². The maximum atomic E-state index is 9.85. The first-order valence-electron chi connectivity index (χ1n) is 7.20. The van der Waals surface area contributed by atoms with E-state index in [0.29, 0.717) is 6.42 Å². The van der Waals surface area contributed by atoms with Crippen LogP contribution in [0.25, 0.3) is 0 Å². The lowest BCUT2D eigenvalue weighted by Crippen LogP contribution is -2.32. The molecule has 0 fully saturated rings. The Bertz CT molecular complexity index is 481. The predicted octanol–water partition coefficient (Wildman–Crippen LogP) is 2.65. The molecule has 1 aromatic carbocycles. The largest absolute Gasteiger partial charge is 0.396 e. The van der Waals surface area contributed by atoms with Crippen molar-refractivity contribution in [1.82, 2.24) is 4.98 Å². The van der Waals surface area contributed by atoms with Gasteiger partial charge in [0, 0.05) is 23.9 Å². The van der Waals surface area contributed by atoms with Crippen LogP contribution in [0.5, 0.6) is 0 Å². The normalized spacial score (nSPS) is 14.1. The van der Waals surface area contributed by atoms with Gasteiger partial charge in [0.1, 0.15) is 0 Å². The fourth-order valence-corrected chi connectivity index (χ4v) is 2.79. The standard InChI is InChI=1S/C17H23NO2/c19-13-11-17(14-20,16-9-5-12-18-16)10-4-8-15-6-2-1-3-7-15/h1-3,5-7,9,12,18-20H,4,8,10-11,13-14H2. The molecule has 0 aliphatic rings. The molecule has 1 atom stereocenters. The monoisotopic (exact) mass is 273 g/mol. The van der Waals surface area contributed by atoms with Crippen LogP contribution in [0.3, 0.4) is 0 Å². The molecule has 0 saturated carbocycles. The minimum absolute atomic E-state index is 0.0584. The third-order valence-corrected chi connectivity index (χ3v) is 4.03. The summed E-state index contributed by atoms with van der Waals surface area (Å²) in [5.41, 5.74) is 1.98. The van der Waals surface area contributed by atoms with Crippen LogP contribution in [0.2, 0.25) is 0 Å². The molecule has 2 rings (SSSR count). The average molecular weight is 273 g/mol. The Morgan fingerprint density at radius 1 is 0.950 bits per heavy atom. The van der Waals surface area contributed by atoms with Crippen molar-refractivity contribution in [3.63, 3.8) is 0 Å². The molecule has 3 nitrogen and oxygen atoms in total. The first kappa shape index (κ1) is 14.8. The third-order valence-electron chi connectivity index (χ3n) is 4.03. The zero-order chi connectivity index (χ0) is 14.3. The molecule has 3 N–H and O–H groups in total. The molecule has 0 aliphatic heterocycles. The van der Waals surface area contributed by atoms with Gasteiger partial charge in [-0.05, 0) is 43.4 Å². The summed E-state index contributed by atoms with van der Waals surface area (Å²) in [5.74, 6) is 0. The lowest BCUT2D eigenvalue weighted by atomic mass is 9.77. The lowest BCUT2D eigenvalue weighted by molar-refractivity contribution is 0.139. The van der Waals surface area contributed by atoms with Crippen molar-refractivity contribution in [2.24, 2.45) is 0 Å². The zero-order valence-corrected chi connectivity index (χ0v) is 11.8. The van der Waals surface area contributed by atoms with E-state index in [9.17, 15) is 10.2 Å². The SMILES string of the molecule is OCCC(CO)(CCCc1ccccc1)c1ccc[nH]1. The molecule has 0 saturated heterocycles. The smallest absolute Gasteiger partial charge is 0.0543 e. The molecule has 0 spiro atoms. The Morgan fingerprint density at radius 3 is 2.35 bits per heavy atom. The number of benzene rings is 1. The van der Waals surface area contributed by atoms with Gasteiger partial charge in [-0.25, -0.2) is 0 Å². The molecule has 1 unspecified atom stereocenters. The molecular formula is C17H23NO2. The Morgan fingerprint density at radius 2 is 1.75 bits per heavy atom. The van der Waals surface area contributed by atoms with Gasteiger partial charge in [0.15, 0.2) is 0 Å². The molecule has 0 aliphatic carbocycles. The van der Waals surface area contributed by atoms with Crippen LogP contribution in [0, 0.1) is 0 Å². The maximum Gasteiger partial charge on any atom is 0.0543 e. The van der Waals surface area contributed by atoms with E-state index in [1.54, 1.807) is 0 Å². The Labute approximate surface area is 120 Å². The highest BCUT2D eigenvalue weighted by molar-refractivity contribution is 5.19. The number of hydrogen-bond acceptors (Lipinski definition) is 2. The summed E-state index contributed by atoms with van der Waals surface area (Å²) in [6, 6.07) is 14.3. The van der Waals surface area contributed by atoms with Crippen LogP contribution in [0.15, 0.2) is 48.7 Å². The number of aromatic amines is 1. The van der Waals surface area contributed by atoms with Gasteiger partial charge in [0.05, 0.1) is 6.61 Å². The predicted molar refractivity (Wildman–Crippen MR) is 80.6 cm³/mol. The second-order valence-electron chi connectivity index (χ2n) is 5.33. The van der Waals surface area contributed by atoms with Crippen LogP contribution in [0.4, 0.5) is 0 Å². The second-order valence-corrected chi connectivity index (χ2v) is 5.33. The van der Waals surface area contributed by atoms with E-state index in [0.717, 1.165) is 25.0 Å².